The molecule has 2 aliphatic rings. The van der Waals surface area contributed by atoms with Crippen molar-refractivity contribution in [2.45, 2.75) is 19.1 Å². The van der Waals surface area contributed by atoms with Gasteiger partial charge in [-0.25, -0.2) is 0 Å². The van der Waals surface area contributed by atoms with Crippen LogP contribution in [0.3, 0.4) is 0 Å². The third kappa shape index (κ3) is 1.21. The lowest BCUT2D eigenvalue weighted by molar-refractivity contribution is -0.128. The molecule has 0 aromatic rings. The number of carbonyl (C=O) groups is 1. The van der Waals surface area contributed by atoms with Gasteiger partial charge in [0.2, 0.25) is 5.91 Å². The van der Waals surface area contributed by atoms with E-state index in [-0.39, 0.29) is 11.9 Å². The van der Waals surface area contributed by atoms with Crippen LogP contribution in [0.1, 0.15) is 6.92 Å². The van der Waals surface area contributed by atoms with Gasteiger partial charge in [0.15, 0.2) is 0 Å². The average Bonchev–Trinajstić information content (AvgIpc) is 2.46. The maximum atomic E-state index is 11.0. The molecule has 2 rings (SSSR count). The molecule has 0 unspecified atom stereocenters. The first-order valence-electron chi connectivity index (χ1n) is 4.26. The highest BCUT2D eigenvalue weighted by atomic mass is 16.5. The number of hydrogen-bond acceptors (Lipinski definition) is 3. The molecule has 0 aromatic carbocycles. The molecule has 0 aromatic heterocycles. The van der Waals surface area contributed by atoms with E-state index < -0.39 is 6.10 Å². The predicted octanol–water partition coefficient (Wildman–Crippen LogP) is -0.872. The molecule has 3 atom stereocenters. The highest BCUT2D eigenvalue weighted by molar-refractivity contribution is 5.80. The molecule has 12 heavy (non-hydrogen) atoms. The van der Waals surface area contributed by atoms with Gasteiger partial charge in [-0.3, -0.25) is 4.79 Å². The Balaban J connectivity index is 1.79. The summed E-state index contributed by atoms with van der Waals surface area (Å²) in [6.07, 6.45) is -0.896. The van der Waals surface area contributed by atoms with Crippen molar-refractivity contribution >= 4 is 5.91 Å². The topological polar surface area (TPSA) is 58.6 Å². The number of aliphatic hydroxyl groups is 1. The average molecular weight is 171 g/mol. The summed E-state index contributed by atoms with van der Waals surface area (Å²) in [7, 11) is 0. The Bertz CT molecular complexity index is 194. The Kier molecular flexibility index (Phi) is 1.81. The zero-order valence-electron chi connectivity index (χ0n) is 6.99. The van der Waals surface area contributed by atoms with Gasteiger partial charge in [-0.15, -0.1) is 0 Å². The van der Waals surface area contributed by atoms with Gasteiger partial charge in [0, 0.05) is 17.9 Å². The molecule has 0 bridgehead atoms. The van der Waals surface area contributed by atoms with Crippen LogP contribution in [0.5, 0.6) is 0 Å². The lowest BCUT2D eigenvalue weighted by Crippen LogP contribution is -2.36. The molecule has 4 heteroatoms. The van der Waals surface area contributed by atoms with E-state index in [1.165, 1.54) is 6.92 Å². The first kappa shape index (κ1) is 8.01. The molecular formula is C8H13NO3. The molecule has 0 radical (unpaired) electrons. The van der Waals surface area contributed by atoms with Gasteiger partial charge in [-0.2, -0.15) is 0 Å². The molecule has 2 fully saturated rings. The fourth-order valence-electron chi connectivity index (χ4n) is 1.74. The van der Waals surface area contributed by atoms with E-state index in [1.54, 1.807) is 0 Å². The number of nitrogens with one attached hydrogen (secondary N) is 1. The maximum Gasteiger partial charge on any atom is 0.248 e. The van der Waals surface area contributed by atoms with Crippen molar-refractivity contribution in [2.75, 3.05) is 13.2 Å². The zero-order chi connectivity index (χ0) is 8.72. The molecule has 1 saturated heterocycles. The summed E-state index contributed by atoms with van der Waals surface area (Å²) in [6.45, 7) is 2.99. The third-order valence-corrected chi connectivity index (χ3v) is 2.64. The molecule has 4 nitrogen and oxygen atoms in total. The number of fused-ring (bicyclic) bond motifs is 1. The number of rotatable bonds is 2. The molecule has 1 heterocycles. The predicted molar refractivity (Wildman–Crippen MR) is 41.4 cm³/mol. The summed E-state index contributed by atoms with van der Waals surface area (Å²) >= 11 is 0. The molecule has 1 aliphatic heterocycles. The van der Waals surface area contributed by atoms with Crippen LogP contribution in [0.4, 0.5) is 0 Å². The Hall–Kier alpha value is -0.610. The van der Waals surface area contributed by atoms with Crippen LogP contribution in [-0.4, -0.2) is 36.4 Å². The lowest BCUT2D eigenvalue weighted by Gasteiger charge is -2.08. The minimum absolute atomic E-state index is 0.265. The largest absolute Gasteiger partial charge is 0.384 e. The number of amides is 1. The molecule has 68 valence electrons. The van der Waals surface area contributed by atoms with Crippen molar-refractivity contribution in [1.29, 1.82) is 0 Å². The van der Waals surface area contributed by atoms with E-state index in [9.17, 15) is 4.79 Å². The molecule has 1 aliphatic carbocycles. The van der Waals surface area contributed by atoms with Crippen LogP contribution in [-0.2, 0) is 9.53 Å². The third-order valence-electron chi connectivity index (χ3n) is 2.64. The van der Waals surface area contributed by atoms with Gasteiger partial charge in [-0.1, -0.05) is 0 Å². The van der Waals surface area contributed by atoms with Crippen molar-refractivity contribution in [1.82, 2.24) is 5.32 Å². The number of hydrogen-bond donors (Lipinski definition) is 2. The minimum atomic E-state index is -0.896. The maximum absolute atomic E-state index is 11.0. The van der Waals surface area contributed by atoms with Gasteiger partial charge in [-0.05, 0) is 6.92 Å². The second-order valence-corrected chi connectivity index (χ2v) is 3.58. The Morgan fingerprint density at radius 3 is 2.67 bits per heavy atom. The van der Waals surface area contributed by atoms with E-state index in [2.05, 4.69) is 5.32 Å². The van der Waals surface area contributed by atoms with Crippen LogP contribution >= 0.6 is 0 Å². The molecule has 2 N–H and O–H groups in total. The SMILES string of the molecule is C[C@@H](O)C(=O)NC1[C@H]2COC[C@H]12. The monoisotopic (exact) mass is 171 g/mol. The Labute approximate surface area is 70.9 Å². The van der Waals surface area contributed by atoms with Gasteiger partial charge in [0.05, 0.1) is 13.2 Å². The zero-order valence-corrected chi connectivity index (χ0v) is 6.99. The first-order valence-corrected chi connectivity index (χ1v) is 4.26. The minimum Gasteiger partial charge on any atom is -0.384 e. The number of ether oxygens (including phenoxy) is 1. The number of aliphatic hydroxyl groups excluding tert-OH is 1. The van der Waals surface area contributed by atoms with Gasteiger partial charge in [0.25, 0.3) is 0 Å². The Morgan fingerprint density at radius 2 is 2.17 bits per heavy atom. The van der Waals surface area contributed by atoms with Gasteiger partial charge < -0.3 is 15.2 Å². The van der Waals surface area contributed by atoms with E-state index in [0.29, 0.717) is 11.8 Å². The smallest absolute Gasteiger partial charge is 0.248 e. The quantitative estimate of drug-likeness (QED) is 0.567. The van der Waals surface area contributed by atoms with Crippen LogP contribution in [0.2, 0.25) is 0 Å². The van der Waals surface area contributed by atoms with E-state index in [1.807, 2.05) is 0 Å². The second-order valence-electron chi connectivity index (χ2n) is 3.58. The molecule has 1 amide bonds. The van der Waals surface area contributed by atoms with Crippen molar-refractivity contribution in [3.05, 3.63) is 0 Å². The lowest BCUT2D eigenvalue weighted by atomic mass is 10.3. The van der Waals surface area contributed by atoms with Crippen molar-refractivity contribution < 1.29 is 14.6 Å². The highest BCUT2D eigenvalue weighted by Gasteiger charge is 2.54. The van der Waals surface area contributed by atoms with Crippen LogP contribution < -0.4 is 5.32 Å². The summed E-state index contributed by atoms with van der Waals surface area (Å²) < 4.78 is 5.16. The van der Waals surface area contributed by atoms with Crippen LogP contribution in [0.25, 0.3) is 0 Å². The highest BCUT2D eigenvalue weighted by Crippen LogP contribution is 2.43. The molecule has 0 spiro atoms. The van der Waals surface area contributed by atoms with Crippen LogP contribution in [0, 0.1) is 11.8 Å². The summed E-state index contributed by atoms with van der Waals surface area (Å²) in [6, 6.07) is 0.265. The van der Waals surface area contributed by atoms with Crippen LogP contribution in [0.15, 0.2) is 0 Å². The van der Waals surface area contributed by atoms with E-state index >= 15 is 0 Å². The van der Waals surface area contributed by atoms with Gasteiger partial charge in [0.1, 0.15) is 6.10 Å². The van der Waals surface area contributed by atoms with Crippen molar-refractivity contribution in [3.63, 3.8) is 0 Å². The molecular weight excluding hydrogens is 158 g/mol. The standard InChI is InChI=1S/C8H13NO3/c1-4(10)8(11)9-7-5-2-12-3-6(5)7/h4-7,10H,2-3H2,1H3,(H,9,11)/t4-,5+,6+/m1/s1. The number of carbonyl (C=O) groups excluding carboxylic acids is 1. The first-order chi connectivity index (χ1) is 5.70. The normalized spacial score (nSPS) is 40.3. The summed E-state index contributed by atoms with van der Waals surface area (Å²) in [4.78, 5) is 11.0. The van der Waals surface area contributed by atoms with E-state index in [0.717, 1.165) is 13.2 Å². The second kappa shape index (κ2) is 2.71. The van der Waals surface area contributed by atoms with Crippen molar-refractivity contribution in [3.8, 4) is 0 Å². The van der Waals surface area contributed by atoms with Gasteiger partial charge >= 0.3 is 0 Å². The summed E-state index contributed by atoms with van der Waals surface area (Å²) in [5, 5.41) is 11.7. The van der Waals surface area contributed by atoms with Crippen molar-refractivity contribution in [2.24, 2.45) is 11.8 Å². The Morgan fingerprint density at radius 1 is 1.58 bits per heavy atom. The van der Waals surface area contributed by atoms with E-state index in [4.69, 9.17) is 9.84 Å². The fourth-order valence-corrected chi connectivity index (χ4v) is 1.74. The summed E-state index contributed by atoms with van der Waals surface area (Å²) in [5.41, 5.74) is 0. The summed E-state index contributed by atoms with van der Waals surface area (Å²) in [5.74, 6) is 0.745. The molecule has 1 saturated carbocycles. The fraction of sp³-hybridized carbons (Fsp3) is 0.875.